The average Bonchev–Trinajstić information content (AvgIpc) is 3.22. The Bertz CT molecular complexity index is 1160. The predicted octanol–water partition coefficient (Wildman–Crippen LogP) is 2.98. The van der Waals surface area contributed by atoms with Crippen LogP contribution in [0.3, 0.4) is 0 Å². The number of benzene rings is 1. The van der Waals surface area contributed by atoms with E-state index in [0.29, 0.717) is 22.9 Å². The molecular formula is C21H23F3N6O2S. The van der Waals surface area contributed by atoms with E-state index in [0.717, 1.165) is 29.6 Å². The number of piperidine rings is 1. The number of H-pyrrole nitrogens is 1. The van der Waals surface area contributed by atoms with Crippen molar-refractivity contribution in [3.8, 4) is 10.6 Å². The Kier molecular flexibility index (Phi) is 5.97. The molecule has 5 rings (SSSR count). The Labute approximate surface area is 191 Å². The number of aromatic nitrogens is 3. The lowest BCUT2D eigenvalue weighted by molar-refractivity contribution is -0.221. The average molecular weight is 481 g/mol. The molecule has 3 aromatic rings. The van der Waals surface area contributed by atoms with Crippen LogP contribution >= 0.6 is 11.3 Å². The van der Waals surface area contributed by atoms with Crippen molar-refractivity contribution in [3.05, 3.63) is 34.6 Å². The van der Waals surface area contributed by atoms with Crippen molar-refractivity contribution in [2.24, 2.45) is 0 Å². The number of hydrogen-bond acceptors (Lipinski definition) is 8. The first-order chi connectivity index (χ1) is 15.9. The minimum atomic E-state index is -4.49. The molecule has 0 aliphatic carbocycles. The second-order valence-electron chi connectivity index (χ2n) is 8.13. The van der Waals surface area contributed by atoms with E-state index < -0.39 is 24.4 Å². The van der Waals surface area contributed by atoms with Crippen molar-refractivity contribution >= 4 is 33.3 Å². The summed E-state index contributed by atoms with van der Waals surface area (Å²) in [7, 11) is 0. The van der Waals surface area contributed by atoms with E-state index in [1.54, 1.807) is 0 Å². The molecule has 1 aromatic carbocycles. The van der Waals surface area contributed by atoms with Crippen LogP contribution in [0.25, 0.3) is 20.8 Å². The number of ether oxygens (including phenoxy) is 1. The third kappa shape index (κ3) is 4.68. The van der Waals surface area contributed by atoms with Gasteiger partial charge in [0.2, 0.25) is 5.95 Å². The number of nitrogens with one attached hydrogen (secondary N) is 3. The fourth-order valence-corrected chi connectivity index (χ4v) is 5.11. The summed E-state index contributed by atoms with van der Waals surface area (Å²) in [4.78, 5) is 26.5. The first-order valence-corrected chi connectivity index (χ1v) is 11.6. The van der Waals surface area contributed by atoms with Crippen LogP contribution in [0.1, 0.15) is 12.8 Å². The van der Waals surface area contributed by atoms with Gasteiger partial charge in [0.05, 0.1) is 23.4 Å². The van der Waals surface area contributed by atoms with E-state index in [4.69, 9.17) is 4.74 Å². The molecule has 2 unspecified atom stereocenters. The fraction of sp³-hybridized carbons (Fsp3) is 0.476. The maximum atomic E-state index is 13.2. The molecule has 12 heteroatoms. The summed E-state index contributed by atoms with van der Waals surface area (Å²) >= 11 is 1.38. The molecule has 0 spiro atoms. The third-order valence-corrected chi connectivity index (χ3v) is 6.84. The van der Waals surface area contributed by atoms with Crippen LogP contribution in [0.4, 0.5) is 24.9 Å². The van der Waals surface area contributed by atoms with Gasteiger partial charge >= 0.3 is 6.18 Å². The summed E-state index contributed by atoms with van der Waals surface area (Å²) in [5.41, 5.74) is 0.624. The van der Waals surface area contributed by atoms with Gasteiger partial charge in [-0.25, -0.2) is 4.98 Å². The number of anilines is 2. The van der Waals surface area contributed by atoms with Gasteiger partial charge in [0.1, 0.15) is 16.4 Å². The van der Waals surface area contributed by atoms with E-state index in [9.17, 15) is 18.0 Å². The van der Waals surface area contributed by atoms with Crippen molar-refractivity contribution in [2.75, 3.05) is 43.0 Å². The maximum absolute atomic E-state index is 13.2. The number of halogens is 3. The first kappa shape index (κ1) is 22.1. The minimum Gasteiger partial charge on any atom is -0.365 e. The number of hydrogen-bond donors (Lipinski definition) is 3. The molecule has 8 nitrogen and oxygen atoms in total. The van der Waals surface area contributed by atoms with Crippen LogP contribution in [0.15, 0.2) is 29.1 Å². The Morgan fingerprint density at radius 3 is 2.85 bits per heavy atom. The normalized spacial score (nSPS) is 22.0. The molecule has 4 heterocycles. The number of fused-ring (bicyclic) bond motifs is 1. The smallest absolute Gasteiger partial charge is 0.365 e. The van der Waals surface area contributed by atoms with Gasteiger partial charge in [-0.05, 0) is 31.5 Å². The SMILES string of the molecule is O=c1[nH]c(N2CCOC(C(F)(F)F)C2)nc(NC2CCCNC2)c1-c1nc2ccccc2s1. The molecule has 2 aliphatic heterocycles. The largest absolute Gasteiger partial charge is 0.416 e. The Balaban J connectivity index is 1.54. The third-order valence-electron chi connectivity index (χ3n) is 5.78. The zero-order chi connectivity index (χ0) is 23.0. The van der Waals surface area contributed by atoms with Gasteiger partial charge in [-0.1, -0.05) is 12.1 Å². The standard InChI is InChI=1S/C21H23F3N6O2S/c22-21(23,24)15-11-30(8-9-32-15)20-28-17(26-12-4-3-7-25-10-12)16(18(31)29-20)19-27-13-5-1-2-6-14(13)33-19/h1-2,5-6,12,15,25H,3-4,7-11H2,(H2,26,28,29,31). The first-order valence-electron chi connectivity index (χ1n) is 10.8. The van der Waals surface area contributed by atoms with E-state index in [1.807, 2.05) is 24.3 Å². The summed E-state index contributed by atoms with van der Waals surface area (Å²) in [6, 6.07) is 7.61. The topological polar surface area (TPSA) is 95.2 Å². The summed E-state index contributed by atoms with van der Waals surface area (Å²) in [5.74, 6) is 0.422. The number of nitrogens with zero attached hydrogens (tertiary/aromatic N) is 3. The van der Waals surface area contributed by atoms with E-state index in [1.165, 1.54) is 16.2 Å². The van der Waals surface area contributed by atoms with Crippen molar-refractivity contribution in [3.63, 3.8) is 0 Å². The van der Waals surface area contributed by atoms with E-state index >= 15 is 0 Å². The van der Waals surface area contributed by atoms with Crippen molar-refractivity contribution in [1.29, 1.82) is 0 Å². The molecule has 2 fully saturated rings. The van der Waals surface area contributed by atoms with Crippen LogP contribution in [0.2, 0.25) is 0 Å². The second-order valence-corrected chi connectivity index (χ2v) is 9.17. The summed E-state index contributed by atoms with van der Waals surface area (Å²) in [5, 5.41) is 7.17. The van der Waals surface area contributed by atoms with Gasteiger partial charge in [0.25, 0.3) is 5.56 Å². The van der Waals surface area contributed by atoms with Gasteiger partial charge in [0.15, 0.2) is 6.10 Å². The van der Waals surface area contributed by atoms with Crippen LogP contribution in [0, 0.1) is 0 Å². The van der Waals surface area contributed by atoms with Crippen LogP contribution < -0.4 is 21.1 Å². The van der Waals surface area contributed by atoms with E-state index in [-0.39, 0.29) is 25.1 Å². The lowest BCUT2D eigenvalue weighted by Gasteiger charge is -2.34. The van der Waals surface area contributed by atoms with Gasteiger partial charge in [-0.3, -0.25) is 9.78 Å². The number of aromatic amines is 1. The number of morpholine rings is 1. The van der Waals surface area contributed by atoms with Gasteiger partial charge in [0, 0.05) is 19.1 Å². The minimum absolute atomic E-state index is 0.0432. The van der Waals surface area contributed by atoms with Crippen LogP contribution in [0.5, 0.6) is 0 Å². The number of para-hydroxylation sites is 1. The molecule has 3 N–H and O–H groups in total. The molecule has 2 aromatic heterocycles. The zero-order valence-corrected chi connectivity index (χ0v) is 18.4. The van der Waals surface area contributed by atoms with Crippen LogP contribution in [-0.4, -0.2) is 66.1 Å². The molecule has 33 heavy (non-hydrogen) atoms. The second kappa shape index (κ2) is 8.92. The van der Waals surface area contributed by atoms with Gasteiger partial charge in [-0.15, -0.1) is 11.3 Å². The van der Waals surface area contributed by atoms with Crippen molar-refractivity contribution in [2.45, 2.75) is 31.2 Å². The predicted molar refractivity (Wildman–Crippen MR) is 121 cm³/mol. The fourth-order valence-electron chi connectivity index (χ4n) is 4.10. The van der Waals surface area contributed by atoms with Gasteiger partial charge < -0.3 is 20.3 Å². The summed E-state index contributed by atoms with van der Waals surface area (Å²) < 4.78 is 45.5. The molecule has 2 saturated heterocycles. The molecule has 0 bridgehead atoms. The number of thiazole rings is 1. The van der Waals surface area contributed by atoms with Crippen LogP contribution in [-0.2, 0) is 4.74 Å². The monoisotopic (exact) mass is 480 g/mol. The van der Waals surface area contributed by atoms with Crippen molar-refractivity contribution in [1.82, 2.24) is 20.3 Å². The quantitative estimate of drug-likeness (QED) is 0.529. The number of alkyl halides is 3. The Morgan fingerprint density at radius 1 is 1.24 bits per heavy atom. The molecule has 0 radical (unpaired) electrons. The van der Waals surface area contributed by atoms with Gasteiger partial charge in [-0.2, -0.15) is 18.2 Å². The summed E-state index contributed by atoms with van der Waals surface area (Å²) in [6.45, 7) is 1.28. The number of rotatable bonds is 4. The summed E-state index contributed by atoms with van der Waals surface area (Å²) in [6.07, 6.45) is -4.56. The molecule has 0 amide bonds. The molecule has 176 valence electrons. The highest BCUT2D eigenvalue weighted by molar-refractivity contribution is 7.21. The molecule has 2 aliphatic rings. The highest BCUT2D eigenvalue weighted by atomic mass is 32.1. The Hall–Kier alpha value is -2.70. The molecule has 2 atom stereocenters. The maximum Gasteiger partial charge on any atom is 0.416 e. The van der Waals surface area contributed by atoms with E-state index in [2.05, 4.69) is 25.6 Å². The van der Waals surface area contributed by atoms with Crippen molar-refractivity contribution < 1.29 is 17.9 Å². The zero-order valence-electron chi connectivity index (χ0n) is 17.6. The molecular weight excluding hydrogens is 457 g/mol. The lowest BCUT2D eigenvalue weighted by Crippen LogP contribution is -2.50. The lowest BCUT2D eigenvalue weighted by atomic mass is 10.1. The Morgan fingerprint density at radius 2 is 2.09 bits per heavy atom. The highest BCUT2D eigenvalue weighted by Gasteiger charge is 2.44. The highest BCUT2D eigenvalue weighted by Crippen LogP contribution is 2.33. The molecule has 0 saturated carbocycles.